The summed E-state index contributed by atoms with van der Waals surface area (Å²) in [5.41, 5.74) is 0. The van der Waals surface area contributed by atoms with Crippen molar-refractivity contribution in [3.05, 3.63) is 24.3 Å². The van der Waals surface area contributed by atoms with Gasteiger partial charge in [-0.25, -0.2) is 0 Å². The van der Waals surface area contributed by atoms with Gasteiger partial charge in [0.05, 0.1) is 19.8 Å². The summed E-state index contributed by atoms with van der Waals surface area (Å²) in [6.07, 6.45) is 2.80. The lowest BCUT2D eigenvalue weighted by atomic mass is 10.2. The summed E-state index contributed by atoms with van der Waals surface area (Å²) in [5, 5.41) is 6.11. The molecule has 2 N–H and O–H groups in total. The number of ether oxygens (including phenoxy) is 2. The van der Waals surface area contributed by atoms with Crippen molar-refractivity contribution in [1.82, 2.24) is 10.6 Å². The zero-order valence-corrected chi connectivity index (χ0v) is 11.9. The minimum Gasteiger partial charge on any atom is -0.497 e. The minimum absolute atomic E-state index is 0.00528. The van der Waals surface area contributed by atoms with Gasteiger partial charge in [-0.2, -0.15) is 0 Å². The highest BCUT2D eigenvalue weighted by molar-refractivity contribution is 5.81. The number of carbonyl (C=O) groups excluding carboxylic acids is 1. The molecule has 5 nitrogen and oxygen atoms in total. The van der Waals surface area contributed by atoms with E-state index >= 15 is 0 Å². The fraction of sp³-hybridized carbons (Fsp3) is 0.533. The van der Waals surface area contributed by atoms with Gasteiger partial charge in [0.15, 0.2) is 0 Å². The molecule has 0 radical (unpaired) electrons. The number of benzene rings is 1. The van der Waals surface area contributed by atoms with Crippen molar-refractivity contribution in [2.24, 2.45) is 0 Å². The number of rotatable bonds is 7. The van der Waals surface area contributed by atoms with Crippen LogP contribution in [0.25, 0.3) is 0 Å². The van der Waals surface area contributed by atoms with E-state index in [1.807, 2.05) is 24.3 Å². The van der Waals surface area contributed by atoms with Crippen molar-refractivity contribution in [2.75, 3.05) is 26.8 Å². The average molecular weight is 278 g/mol. The van der Waals surface area contributed by atoms with E-state index in [-0.39, 0.29) is 11.9 Å². The Labute approximate surface area is 119 Å². The largest absolute Gasteiger partial charge is 0.497 e. The first-order valence-corrected chi connectivity index (χ1v) is 7.07. The molecule has 0 aromatic heterocycles. The van der Waals surface area contributed by atoms with Gasteiger partial charge in [0, 0.05) is 12.6 Å². The van der Waals surface area contributed by atoms with Crippen LogP contribution in [0.3, 0.4) is 0 Å². The van der Waals surface area contributed by atoms with Gasteiger partial charge in [0.1, 0.15) is 11.5 Å². The first-order valence-electron chi connectivity index (χ1n) is 7.07. The lowest BCUT2D eigenvalue weighted by Gasteiger charge is -2.11. The van der Waals surface area contributed by atoms with E-state index in [0.29, 0.717) is 13.2 Å². The molecule has 1 atom stereocenters. The van der Waals surface area contributed by atoms with Crippen molar-refractivity contribution in [3.8, 4) is 11.5 Å². The molecule has 1 amide bonds. The summed E-state index contributed by atoms with van der Waals surface area (Å²) in [6, 6.07) is 7.50. The monoisotopic (exact) mass is 278 g/mol. The third-order valence-electron chi connectivity index (χ3n) is 3.31. The molecule has 110 valence electrons. The van der Waals surface area contributed by atoms with E-state index < -0.39 is 0 Å². The van der Waals surface area contributed by atoms with Gasteiger partial charge in [0.2, 0.25) is 5.91 Å². The SMILES string of the molecule is COc1cccc(OCCCNC(=O)C2CCCN2)c1. The fourth-order valence-electron chi connectivity index (χ4n) is 2.20. The molecule has 0 bridgehead atoms. The predicted octanol–water partition coefficient (Wildman–Crippen LogP) is 1.33. The van der Waals surface area contributed by atoms with Crippen LogP contribution in [0.2, 0.25) is 0 Å². The highest BCUT2D eigenvalue weighted by Gasteiger charge is 2.20. The summed E-state index contributed by atoms with van der Waals surface area (Å²) in [6.45, 7) is 2.16. The molecule has 1 saturated heterocycles. The topological polar surface area (TPSA) is 59.6 Å². The van der Waals surface area contributed by atoms with Crippen LogP contribution in [-0.4, -0.2) is 38.8 Å². The lowest BCUT2D eigenvalue weighted by molar-refractivity contribution is -0.122. The second kappa shape index (κ2) is 7.75. The summed E-state index contributed by atoms with van der Waals surface area (Å²) in [4.78, 5) is 11.7. The van der Waals surface area contributed by atoms with Crippen LogP contribution in [0.5, 0.6) is 11.5 Å². The maximum Gasteiger partial charge on any atom is 0.237 e. The van der Waals surface area contributed by atoms with Gasteiger partial charge in [-0.05, 0) is 37.9 Å². The van der Waals surface area contributed by atoms with Crippen LogP contribution in [0.1, 0.15) is 19.3 Å². The normalized spacial score (nSPS) is 17.8. The summed E-state index contributed by atoms with van der Waals surface area (Å²) in [7, 11) is 1.63. The first-order chi connectivity index (χ1) is 9.79. The third-order valence-corrected chi connectivity index (χ3v) is 3.31. The van der Waals surface area contributed by atoms with Gasteiger partial charge in [-0.3, -0.25) is 4.79 Å². The molecule has 1 aliphatic rings. The van der Waals surface area contributed by atoms with E-state index in [0.717, 1.165) is 37.3 Å². The van der Waals surface area contributed by atoms with Crippen LogP contribution >= 0.6 is 0 Å². The van der Waals surface area contributed by atoms with Gasteiger partial charge in [0.25, 0.3) is 0 Å². The molecule has 0 saturated carbocycles. The molecular weight excluding hydrogens is 256 g/mol. The number of hydrogen-bond donors (Lipinski definition) is 2. The summed E-state index contributed by atoms with van der Waals surface area (Å²) in [5.74, 6) is 1.67. The minimum atomic E-state index is -0.00528. The number of methoxy groups -OCH3 is 1. The zero-order chi connectivity index (χ0) is 14.2. The molecule has 2 rings (SSSR count). The number of hydrogen-bond acceptors (Lipinski definition) is 4. The standard InChI is InChI=1S/C15H22N2O3/c1-19-12-5-2-6-13(11-12)20-10-4-9-17-15(18)14-7-3-8-16-14/h2,5-6,11,14,16H,3-4,7-10H2,1H3,(H,17,18). The Morgan fingerprint density at radius 3 is 3.05 bits per heavy atom. The van der Waals surface area contributed by atoms with Gasteiger partial charge >= 0.3 is 0 Å². The molecule has 20 heavy (non-hydrogen) atoms. The zero-order valence-electron chi connectivity index (χ0n) is 11.9. The van der Waals surface area contributed by atoms with E-state index in [1.165, 1.54) is 0 Å². The van der Waals surface area contributed by atoms with Crippen LogP contribution < -0.4 is 20.1 Å². The number of nitrogens with one attached hydrogen (secondary N) is 2. The molecule has 0 spiro atoms. The third kappa shape index (κ3) is 4.42. The maximum atomic E-state index is 11.7. The summed E-state index contributed by atoms with van der Waals surface area (Å²) < 4.78 is 10.7. The first kappa shape index (κ1) is 14.7. The Morgan fingerprint density at radius 1 is 1.45 bits per heavy atom. The molecule has 1 aromatic carbocycles. The van der Waals surface area contributed by atoms with Crippen molar-refractivity contribution >= 4 is 5.91 Å². The predicted molar refractivity (Wildman–Crippen MR) is 77.1 cm³/mol. The number of amides is 1. The molecule has 1 heterocycles. The van der Waals surface area contributed by atoms with Crippen LogP contribution in [0.4, 0.5) is 0 Å². The van der Waals surface area contributed by atoms with E-state index in [1.54, 1.807) is 7.11 Å². The number of carbonyl (C=O) groups is 1. The molecule has 1 fully saturated rings. The van der Waals surface area contributed by atoms with Crippen molar-refractivity contribution in [3.63, 3.8) is 0 Å². The second-order valence-corrected chi connectivity index (χ2v) is 4.82. The Kier molecular flexibility index (Phi) is 5.68. The van der Waals surface area contributed by atoms with Gasteiger partial charge in [-0.15, -0.1) is 0 Å². The van der Waals surface area contributed by atoms with Crippen LogP contribution in [0, 0.1) is 0 Å². The molecular formula is C15H22N2O3. The Bertz CT molecular complexity index is 431. The quantitative estimate of drug-likeness (QED) is 0.739. The molecule has 1 aliphatic heterocycles. The highest BCUT2D eigenvalue weighted by Crippen LogP contribution is 2.18. The van der Waals surface area contributed by atoms with E-state index in [9.17, 15) is 4.79 Å². The summed E-state index contributed by atoms with van der Waals surface area (Å²) >= 11 is 0. The van der Waals surface area contributed by atoms with Crippen molar-refractivity contribution in [2.45, 2.75) is 25.3 Å². The second-order valence-electron chi connectivity index (χ2n) is 4.82. The Balaban J connectivity index is 1.60. The fourth-order valence-corrected chi connectivity index (χ4v) is 2.20. The van der Waals surface area contributed by atoms with E-state index in [4.69, 9.17) is 9.47 Å². The van der Waals surface area contributed by atoms with E-state index in [2.05, 4.69) is 10.6 Å². The molecule has 5 heteroatoms. The van der Waals surface area contributed by atoms with Crippen molar-refractivity contribution in [1.29, 1.82) is 0 Å². The van der Waals surface area contributed by atoms with Crippen LogP contribution in [0.15, 0.2) is 24.3 Å². The molecule has 1 unspecified atom stereocenters. The van der Waals surface area contributed by atoms with Gasteiger partial charge < -0.3 is 20.1 Å². The maximum absolute atomic E-state index is 11.7. The Morgan fingerprint density at radius 2 is 2.30 bits per heavy atom. The smallest absolute Gasteiger partial charge is 0.237 e. The van der Waals surface area contributed by atoms with Gasteiger partial charge in [-0.1, -0.05) is 6.07 Å². The highest BCUT2D eigenvalue weighted by atomic mass is 16.5. The Hall–Kier alpha value is -1.75. The average Bonchev–Trinajstić information content (AvgIpc) is 3.01. The molecule has 0 aliphatic carbocycles. The van der Waals surface area contributed by atoms with Crippen LogP contribution in [-0.2, 0) is 4.79 Å². The molecule has 1 aromatic rings. The lowest BCUT2D eigenvalue weighted by Crippen LogP contribution is -2.40. The van der Waals surface area contributed by atoms with Crippen molar-refractivity contribution < 1.29 is 14.3 Å².